The minimum Gasteiger partial charge on any atom is -0.465 e. The van der Waals surface area contributed by atoms with Crippen LogP contribution < -0.4 is 10.6 Å². The molecular formula is C11H12BrClN2O2S. The molecule has 7 heteroatoms. The normalized spacial score (nSPS) is 9.72. The second-order valence-corrected chi connectivity index (χ2v) is 4.97. The average Bonchev–Trinajstić information content (AvgIpc) is 2.31. The lowest BCUT2D eigenvalue weighted by Gasteiger charge is -2.11. The maximum Gasteiger partial charge on any atom is 0.325 e. The van der Waals surface area contributed by atoms with Crippen molar-refractivity contribution in [1.29, 1.82) is 0 Å². The summed E-state index contributed by atoms with van der Waals surface area (Å²) in [7, 11) is 0. The van der Waals surface area contributed by atoms with Crippen LogP contribution in [-0.4, -0.2) is 24.2 Å². The second-order valence-electron chi connectivity index (χ2n) is 3.24. The van der Waals surface area contributed by atoms with Gasteiger partial charge in [-0.05, 0) is 37.3 Å². The number of esters is 1. The Kier molecular flexibility index (Phi) is 6.38. The van der Waals surface area contributed by atoms with Crippen molar-refractivity contribution < 1.29 is 9.53 Å². The van der Waals surface area contributed by atoms with Gasteiger partial charge in [0.05, 0.1) is 17.3 Å². The van der Waals surface area contributed by atoms with Gasteiger partial charge in [0.1, 0.15) is 6.54 Å². The number of nitrogens with one attached hydrogen (secondary N) is 2. The van der Waals surface area contributed by atoms with Gasteiger partial charge in [0.25, 0.3) is 0 Å². The fourth-order valence-corrected chi connectivity index (χ4v) is 2.02. The Balaban J connectivity index is 2.47. The second kappa shape index (κ2) is 7.56. The fraction of sp³-hybridized carbons (Fsp3) is 0.273. The molecule has 98 valence electrons. The summed E-state index contributed by atoms with van der Waals surface area (Å²) < 4.78 is 5.64. The van der Waals surface area contributed by atoms with Gasteiger partial charge in [-0.1, -0.05) is 27.5 Å². The predicted molar refractivity (Wildman–Crippen MR) is 80.0 cm³/mol. The summed E-state index contributed by atoms with van der Waals surface area (Å²) in [6.07, 6.45) is 0. The van der Waals surface area contributed by atoms with Crippen molar-refractivity contribution >= 4 is 56.5 Å². The topological polar surface area (TPSA) is 50.4 Å². The number of anilines is 1. The van der Waals surface area contributed by atoms with E-state index in [0.717, 1.165) is 4.47 Å². The summed E-state index contributed by atoms with van der Waals surface area (Å²) in [5.41, 5.74) is 0.668. The molecule has 1 rings (SSSR count). The first-order valence-corrected chi connectivity index (χ1v) is 6.76. The lowest BCUT2D eigenvalue weighted by molar-refractivity contribution is -0.141. The largest absolute Gasteiger partial charge is 0.465 e. The highest BCUT2D eigenvalue weighted by atomic mass is 79.9. The van der Waals surface area contributed by atoms with Crippen LogP contribution in [0.25, 0.3) is 0 Å². The van der Waals surface area contributed by atoms with Crippen LogP contribution in [0.4, 0.5) is 5.69 Å². The molecule has 4 nitrogen and oxygen atoms in total. The summed E-state index contributed by atoms with van der Waals surface area (Å²) in [6.45, 7) is 2.11. The van der Waals surface area contributed by atoms with Gasteiger partial charge in [0, 0.05) is 4.47 Å². The molecule has 0 aliphatic rings. The molecule has 0 saturated heterocycles. The molecule has 0 bridgehead atoms. The van der Waals surface area contributed by atoms with Crippen molar-refractivity contribution in [2.75, 3.05) is 18.5 Å². The minimum absolute atomic E-state index is 0.0216. The number of carbonyl (C=O) groups is 1. The van der Waals surface area contributed by atoms with Crippen LogP contribution in [0.15, 0.2) is 22.7 Å². The van der Waals surface area contributed by atoms with E-state index in [9.17, 15) is 4.79 Å². The van der Waals surface area contributed by atoms with Crippen molar-refractivity contribution in [1.82, 2.24) is 5.32 Å². The Hall–Kier alpha value is -0.850. The van der Waals surface area contributed by atoms with E-state index in [1.807, 2.05) is 6.07 Å². The van der Waals surface area contributed by atoms with Crippen LogP contribution in [0, 0.1) is 0 Å². The third-order valence-corrected chi connectivity index (χ3v) is 2.93. The first kappa shape index (κ1) is 15.2. The third kappa shape index (κ3) is 5.20. The van der Waals surface area contributed by atoms with Crippen molar-refractivity contribution in [3.8, 4) is 0 Å². The zero-order valence-corrected chi connectivity index (χ0v) is 12.8. The van der Waals surface area contributed by atoms with Gasteiger partial charge in [-0.15, -0.1) is 0 Å². The lowest BCUT2D eigenvalue weighted by atomic mass is 10.3. The highest BCUT2D eigenvalue weighted by Gasteiger charge is 2.05. The van der Waals surface area contributed by atoms with Crippen molar-refractivity contribution in [3.63, 3.8) is 0 Å². The highest BCUT2D eigenvalue weighted by Crippen LogP contribution is 2.25. The van der Waals surface area contributed by atoms with Crippen molar-refractivity contribution in [2.24, 2.45) is 0 Å². The molecule has 0 saturated carbocycles. The van der Waals surface area contributed by atoms with Crippen LogP contribution in [0.3, 0.4) is 0 Å². The van der Waals surface area contributed by atoms with Gasteiger partial charge >= 0.3 is 5.97 Å². The molecule has 0 radical (unpaired) electrons. The van der Waals surface area contributed by atoms with Gasteiger partial charge in [0.2, 0.25) is 0 Å². The zero-order valence-electron chi connectivity index (χ0n) is 9.63. The van der Waals surface area contributed by atoms with Crippen LogP contribution in [-0.2, 0) is 9.53 Å². The molecule has 2 N–H and O–H groups in total. The van der Waals surface area contributed by atoms with Crippen molar-refractivity contribution in [3.05, 3.63) is 27.7 Å². The Labute approximate surface area is 124 Å². The Morgan fingerprint density at radius 3 is 2.89 bits per heavy atom. The monoisotopic (exact) mass is 350 g/mol. The van der Waals surface area contributed by atoms with Crippen LogP contribution in [0.1, 0.15) is 6.92 Å². The zero-order chi connectivity index (χ0) is 13.5. The number of thiocarbonyl (C=S) groups is 1. The Morgan fingerprint density at radius 1 is 1.56 bits per heavy atom. The summed E-state index contributed by atoms with van der Waals surface area (Å²) in [6, 6.07) is 5.37. The Bertz CT molecular complexity index is 457. The van der Waals surface area contributed by atoms with Gasteiger partial charge in [-0.2, -0.15) is 0 Å². The molecule has 1 aromatic rings. The molecule has 0 aromatic heterocycles. The molecule has 1 aromatic carbocycles. The summed E-state index contributed by atoms with van der Waals surface area (Å²) >= 11 is 14.4. The van der Waals surface area contributed by atoms with E-state index in [1.54, 1.807) is 19.1 Å². The van der Waals surface area contributed by atoms with E-state index in [4.69, 9.17) is 28.6 Å². The maximum atomic E-state index is 11.1. The number of carbonyl (C=O) groups excluding carboxylic acids is 1. The van der Waals surface area contributed by atoms with Gasteiger partial charge in [-0.25, -0.2) is 0 Å². The van der Waals surface area contributed by atoms with Gasteiger partial charge < -0.3 is 15.4 Å². The summed E-state index contributed by atoms with van der Waals surface area (Å²) in [5.74, 6) is -0.358. The van der Waals surface area contributed by atoms with E-state index >= 15 is 0 Å². The number of hydrogen-bond donors (Lipinski definition) is 2. The standard InChI is InChI=1S/C11H12BrClN2O2S/c1-2-17-10(16)6-14-11(18)15-9-4-3-7(12)5-8(9)13/h3-5H,2,6H2,1H3,(H2,14,15,18). The highest BCUT2D eigenvalue weighted by molar-refractivity contribution is 9.10. The number of ether oxygens (including phenoxy) is 1. The number of benzene rings is 1. The average molecular weight is 352 g/mol. The smallest absolute Gasteiger partial charge is 0.325 e. The van der Waals surface area contributed by atoms with Crippen LogP contribution >= 0.6 is 39.7 Å². The maximum absolute atomic E-state index is 11.1. The molecule has 0 fully saturated rings. The molecular weight excluding hydrogens is 340 g/mol. The van der Waals surface area contributed by atoms with Crippen molar-refractivity contribution in [2.45, 2.75) is 6.92 Å². The minimum atomic E-state index is -0.358. The lowest BCUT2D eigenvalue weighted by Crippen LogP contribution is -2.33. The number of hydrogen-bond acceptors (Lipinski definition) is 3. The molecule has 0 heterocycles. The first-order chi connectivity index (χ1) is 8.52. The molecule has 0 atom stereocenters. The van der Waals surface area contributed by atoms with Gasteiger partial charge in [-0.3, -0.25) is 4.79 Å². The summed E-state index contributed by atoms with van der Waals surface area (Å²) in [5, 5.41) is 6.47. The van der Waals surface area contributed by atoms with E-state index < -0.39 is 0 Å². The molecule has 0 aliphatic carbocycles. The Morgan fingerprint density at radius 2 is 2.28 bits per heavy atom. The van der Waals surface area contributed by atoms with E-state index in [0.29, 0.717) is 22.4 Å². The third-order valence-electron chi connectivity index (χ3n) is 1.88. The predicted octanol–water partition coefficient (Wildman–Crippen LogP) is 2.95. The number of halogens is 2. The van der Waals surface area contributed by atoms with E-state index in [2.05, 4.69) is 26.6 Å². The molecule has 0 aliphatic heterocycles. The molecule has 0 spiro atoms. The number of rotatable bonds is 4. The van der Waals surface area contributed by atoms with Crippen LogP contribution in [0.2, 0.25) is 5.02 Å². The van der Waals surface area contributed by atoms with Gasteiger partial charge in [0.15, 0.2) is 5.11 Å². The van der Waals surface area contributed by atoms with E-state index in [-0.39, 0.29) is 12.5 Å². The quantitative estimate of drug-likeness (QED) is 0.645. The molecule has 0 unspecified atom stereocenters. The SMILES string of the molecule is CCOC(=O)CNC(=S)Nc1ccc(Br)cc1Cl. The van der Waals surface area contributed by atoms with E-state index in [1.165, 1.54) is 0 Å². The fourth-order valence-electron chi connectivity index (χ4n) is 1.12. The first-order valence-electron chi connectivity index (χ1n) is 5.18. The van der Waals surface area contributed by atoms with Crippen LogP contribution in [0.5, 0.6) is 0 Å². The molecule has 18 heavy (non-hydrogen) atoms. The summed E-state index contributed by atoms with van der Waals surface area (Å²) in [4.78, 5) is 11.1. The molecule has 0 amide bonds.